The maximum atomic E-state index is 12.4. The molecule has 28 heavy (non-hydrogen) atoms. The zero-order chi connectivity index (χ0) is 20.1. The summed E-state index contributed by atoms with van der Waals surface area (Å²) in [5.41, 5.74) is 8.51. The van der Waals surface area contributed by atoms with Crippen molar-refractivity contribution in [1.29, 1.82) is 0 Å². The van der Waals surface area contributed by atoms with Crippen LogP contribution in [0.15, 0.2) is 59.7 Å². The van der Waals surface area contributed by atoms with Crippen LogP contribution in [0.5, 0.6) is 0 Å². The first kappa shape index (κ1) is 19.5. The molecule has 1 heterocycles. The van der Waals surface area contributed by atoms with Crippen molar-refractivity contribution in [2.45, 2.75) is 40.2 Å². The summed E-state index contributed by atoms with van der Waals surface area (Å²) in [6.45, 7) is 8.95. The van der Waals surface area contributed by atoms with Gasteiger partial charge in [-0.2, -0.15) is 10.2 Å². The molecule has 0 bridgehead atoms. The van der Waals surface area contributed by atoms with Crippen molar-refractivity contribution in [3.05, 3.63) is 88.2 Å². The minimum atomic E-state index is -0.231. The summed E-state index contributed by atoms with van der Waals surface area (Å²) in [7, 11) is 0. The zero-order valence-electron chi connectivity index (χ0n) is 16.8. The summed E-state index contributed by atoms with van der Waals surface area (Å²) < 4.78 is 1.94. The Morgan fingerprint density at radius 3 is 2.54 bits per heavy atom. The van der Waals surface area contributed by atoms with Crippen LogP contribution < -0.4 is 5.43 Å². The second-order valence-electron chi connectivity index (χ2n) is 7.31. The number of carbonyl (C=O) groups excluding carboxylic acids is 1. The molecule has 0 unspecified atom stereocenters. The van der Waals surface area contributed by atoms with Crippen molar-refractivity contribution in [1.82, 2.24) is 15.2 Å². The van der Waals surface area contributed by atoms with Crippen molar-refractivity contribution in [3.8, 4) is 0 Å². The van der Waals surface area contributed by atoms with Gasteiger partial charge < -0.3 is 0 Å². The van der Waals surface area contributed by atoms with Gasteiger partial charge in [-0.1, -0.05) is 50.2 Å². The number of nitrogens with zero attached hydrogens (tertiary/aromatic N) is 3. The molecule has 0 fully saturated rings. The molecule has 0 spiro atoms. The highest BCUT2D eigenvalue weighted by molar-refractivity contribution is 5.95. The van der Waals surface area contributed by atoms with Gasteiger partial charge in [-0.15, -0.1) is 0 Å². The number of aryl methyl sites for hydroxylation is 2. The van der Waals surface area contributed by atoms with Crippen LogP contribution in [0, 0.1) is 13.8 Å². The predicted molar refractivity (Wildman–Crippen MR) is 113 cm³/mol. The Morgan fingerprint density at radius 1 is 1.14 bits per heavy atom. The average Bonchev–Trinajstić information content (AvgIpc) is 2.99. The van der Waals surface area contributed by atoms with Crippen LogP contribution >= 0.6 is 0 Å². The van der Waals surface area contributed by atoms with E-state index in [4.69, 9.17) is 0 Å². The van der Waals surface area contributed by atoms with Gasteiger partial charge in [0.05, 0.1) is 18.5 Å². The van der Waals surface area contributed by atoms with Crippen molar-refractivity contribution < 1.29 is 4.79 Å². The largest absolute Gasteiger partial charge is 0.271 e. The molecule has 0 aliphatic heterocycles. The van der Waals surface area contributed by atoms with Gasteiger partial charge in [-0.05, 0) is 54.7 Å². The third-order valence-electron chi connectivity index (χ3n) is 4.61. The van der Waals surface area contributed by atoms with E-state index in [2.05, 4.69) is 41.6 Å². The van der Waals surface area contributed by atoms with Gasteiger partial charge in [0.2, 0.25) is 0 Å². The Balaban J connectivity index is 1.63. The molecule has 0 saturated carbocycles. The van der Waals surface area contributed by atoms with E-state index in [-0.39, 0.29) is 5.91 Å². The normalized spacial score (nSPS) is 11.3. The van der Waals surface area contributed by atoms with Gasteiger partial charge in [0.15, 0.2) is 0 Å². The minimum absolute atomic E-state index is 0.231. The Labute approximate surface area is 166 Å². The molecule has 0 atom stereocenters. The molecule has 2 aromatic carbocycles. The van der Waals surface area contributed by atoms with E-state index in [1.807, 2.05) is 54.9 Å². The molecule has 1 amide bonds. The molecule has 144 valence electrons. The fourth-order valence-corrected chi connectivity index (χ4v) is 3.02. The van der Waals surface area contributed by atoms with E-state index in [1.54, 1.807) is 12.3 Å². The molecule has 0 radical (unpaired) electrons. The van der Waals surface area contributed by atoms with E-state index >= 15 is 0 Å². The van der Waals surface area contributed by atoms with Crippen LogP contribution in [-0.2, 0) is 6.54 Å². The van der Waals surface area contributed by atoms with Crippen LogP contribution in [0.2, 0.25) is 0 Å². The summed E-state index contributed by atoms with van der Waals surface area (Å²) in [4.78, 5) is 12.4. The minimum Gasteiger partial charge on any atom is -0.267 e. The highest BCUT2D eigenvalue weighted by atomic mass is 16.2. The molecular weight excluding hydrogens is 348 g/mol. The van der Waals surface area contributed by atoms with Gasteiger partial charge in [-0.25, -0.2) is 5.43 Å². The molecular formula is C23H26N4O. The highest BCUT2D eigenvalue weighted by Crippen LogP contribution is 2.14. The van der Waals surface area contributed by atoms with Gasteiger partial charge in [0.1, 0.15) is 0 Å². The predicted octanol–water partition coefficient (Wildman–Crippen LogP) is 4.44. The zero-order valence-corrected chi connectivity index (χ0v) is 16.8. The molecule has 5 nitrogen and oxygen atoms in total. The number of hydrazone groups is 1. The summed E-state index contributed by atoms with van der Waals surface area (Å²) in [6.07, 6.45) is 1.65. The first-order valence-corrected chi connectivity index (χ1v) is 9.46. The van der Waals surface area contributed by atoms with Crippen molar-refractivity contribution in [2.24, 2.45) is 5.10 Å². The van der Waals surface area contributed by atoms with E-state index in [0.29, 0.717) is 18.0 Å². The monoisotopic (exact) mass is 374 g/mol. The Bertz CT molecular complexity index is 984. The third-order valence-corrected chi connectivity index (χ3v) is 4.61. The third kappa shape index (κ3) is 4.94. The number of carbonyl (C=O) groups is 1. The summed E-state index contributed by atoms with van der Waals surface area (Å²) >= 11 is 0. The van der Waals surface area contributed by atoms with Crippen LogP contribution in [0.1, 0.15) is 58.2 Å². The van der Waals surface area contributed by atoms with E-state index in [9.17, 15) is 4.79 Å². The number of rotatable bonds is 6. The number of aromatic nitrogens is 2. The maximum Gasteiger partial charge on any atom is 0.271 e. The number of hydrogen-bond donors (Lipinski definition) is 1. The Hall–Kier alpha value is -3.21. The summed E-state index contributed by atoms with van der Waals surface area (Å²) in [6, 6.07) is 17.7. The van der Waals surface area contributed by atoms with Gasteiger partial charge >= 0.3 is 0 Å². The lowest BCUT2D eigenvalue weighted by Gasteiger charge is -2.07. The SMILES string of the molecule is Cc1cc(C)n(Cc2cccc(C(=O)N/N=C/c3ccc(C(C)C)cc3)c2)n1. The van der Waals surface area contributed by atoms with Crippen LogP contribution in [0.25, 0.3) is 0 Å². The summed E-state index contributed by atoms with van der Waals surface area (Å²) in [5, 5.41) is 8.55. The Morgan fingerprint density at radius 2 is 1.89 bits per heavy atom. The standard InChI is InChI=1S/C23H26N4O/c1-16(2)21-10-8-19(9-11-21)14-24-25-23(28)22-7-5-6-20(13-22)15-27-18(4)12-17(3)26-27/h5-14,16H,15H2,1-4H3,(H,25,28)/b24-14+. The fourth-order valence-electron chi connectivity index (χ4n) is 3.02. The first-order chi connectivity index (χ1) is 13.4. The van der Waals surface area contributed by atoms with Crippen molar-refractivity contribution in [3.63, 3.8) is 0 Å². The molecule has 5 heteroatoms. The van der Waals surface area contributed by atoms with E-state index in [0.717, 1.165) is 22.5 Å². The lowest BCUT2D eigenvalue weighted by molar-refractivity contribution is 0.0955. The van der Waals surface area contributed by atoms with Gasteiger partial charge in [-0.3, -0.25) is 9.48 Å². The topological polar surface area (TPSA) is 59.3 Å². The number of amides is 1. The molecule has 3 aromatic rings. The van der Waals surface area contributed by atoms with Crippen molar-refractivity contribution in [2.75, 3.05) is 0 Å². The molecule has 0 aliphatic carbocycles. The lowest BCUT2D eigenvalue weighted by atomic mass is 10.0. The second kappa shape index (κ2) is 8.65. The number of hydrogen-bond acceptors (Lipinski definition) is 3. The molecule has 0 aliphatic rings. The lowest BCUT2D eigenvalue weighted by Crippen LogP contribution is -2.18. The van der Waals surface area contributed by atoms with Gasteiger partial charge in [0.25, 0.3) is 5.91 Å². The quantitative estimate of drug-likeness (QED) is 0.512. The molecule has 0 saturated heterocycles. The number of nitrogens with one attached hydrogen (secondary N) is 1. The Kier molecular flexibility index (Phi) is 6.04. The maximum absolute atomic E-state index is 12.4. The average molecular weight is 374 g/mol. The first-order valence-electron chi connectivity index (χ1n) is 9.46. The second-order valence-corrected chi connectivity index (χ2v) is 7.31. The van der Waals surface area contributed by atoms with E-state index in [1.165, 1.54) is 5.56 Å². The fraction of sp³-hybridized carbons (Fsp3) is 0.261. The molecule has 1 N–H and O–H groups in total. The van der Waals surface area contributed by atoms with Crippen molar-refractivity contribution >= 4 is 12.1 Å². The number of benzene rings is 2. The van der Waals surface area contributed by atoms with E-state index < -0.39 is 0 Å². The van der Waals surface area contributed by atoms with Crippen LogP contribution in [-0.4, -0.2) is 21.9 Å². The van der Waals surface area contributed by atoms with Gasteiger partial charge in [0, 0.05) is 11.3 Å². The molecule has 1 aromatic heterocycles. The molecule has 3 rings (SSSR count). The van der Waals surface area contributed by atoms with Crippen LogP contribution in [0.3, 0.4) is 0 Å². The highest BCUT2D eigenvalue weighted by Gasteiger charge is 2.07. The van der Waals surface area contributed by atoms with Crippen LogP contribution in [0.4, 0.5) is 0 Å². The summed E-state index contributed by atoms with van der Waals surface area (Å²) in [5.74, 6) is 0.262. The smallest absolute Gasteiger partial charge is 0.267 e.